The molecule has 0 aromatic heterocycles. The van der Waals surface area contributed by atoms with Crippen LogP contribution >= 0.6 is 53.6 Å². The molecule has 23 heteroatoms. The van der Waals surface area contributed by atoms with Crippen LogP contribution in [-0.2, 0) is 27.3 Å². The van der Waals surface area contributed by atoms with E-state index in [2.05, 4.69) is 9.05 Å². The first kappa shape index (κ1) is 40.8. The van der Waals surface area contributed by atoms with Crippen molar-refractivity contribution in [3.05, 3.63) is 0 Å². The van der Waals surface area contributed by atoms with E-state index in [9.17, 15) is 47.6 Å². The number of hydrogen-bond acceptors (Lipinski definition) is 14. The number of halogens is 2. The van der Waals surface area contributed by atoms with Crippen LogP contribution in [0.3, 0.4) is 0 Å². The second-order valence-electron chi connectivity index (χ2n) is 3.33. The molecule has 0 aliphatic rings. The summed E-state index contributed by atoms with van der Waals surface area (Å²) in [6.45, 7) is 0. The van der Waals surface area contributed by atoms with Gasteiger partial charge in [-0.25, -0.2) is 0 Å². The molecule has 0 heterocycles. The second kappa shape index (κ2) is 17.0. The third-order valence-corrected chi connectivity index (χ3v) is 8.75. The predicted molar refractivity (Wildman–Crippen MR) is 83.3 cm³/mol. The van der Waals surface area contributed by atoms with Crippen molar-refractivity contribution in [2.24, 2.45) is 0 Å². The Labute approximate surface area is 213 Å². The van der Waals surface area contributed by atoms with Gasteiger partial charge in [0.15, 0.2) is 15.2 Å². The molecule has 4 atom stereocenters. The Morgan fingerprint density at radius 2 is 0.852 bits per heavy atom. The molecule has 0 spiro atoms. The fourth-order valence-corrected chi connectivity index (χ4v) is 5.14. The molecule has 27 heavy (non-hydrogen) atoms. The Balaban J connectivity index is -0.000000108. The summed E-state index contributed by atoms with van der Waals surface area (Å²) in [7, 11) is -21.5. The molecule has 154 valence electrons. The summed E-state index contributed by atoms with van der Waals surface area (Å²) in [4.78, 5) is 60.9. The van der Waals surface area contributed by atoms with E-state index in [0.29, 0.717) is 0 Å². The van der Waals surface area contributed by atoms with Gasteiger partial charge in [-0.2, -0.15) is 0 Å². The average Bonchev–Trinajstić information content (AvgIpc) is 2.35. The molecule has 0 saturated heterocycles. The van der Waals surface area contributed by atoms with E-state index in [1.54, 1.807) is 0 Å². The van der Waals surface area contributed by atoms with Crippen LogP contribution in [0.1, 0.15) is 0 Å². The maximum atomic E-state index is 10.5. The molecular weight excluding hydrogens is 823 g/mol. The maximum Gasteiger partial charge on any atom is 2.00 e. The molecule has 0 aliphatic heterocycles. The summed E-state index contributed by atoms with van der Waals surface area (Å²) in [6.07, 6.45) is 0. The second-order valence-corrected chi connectivity index (χ2v) is 11.4. The molecule has 2 N–H and O–H groups in total. The van der Waals surface area contributed by atoms with Crippen LogP contribution in [0.2, 0.25) is 0 Å². The van der Waals surface area contributed by atoms with Gasteiger partial charge in [-0.3, -0.25) is 0 Å². The van der Waals surface area contributed by atoms with Crippen molar-refractivity contribution < 1.29 is 66.9 Å². The number of hydrogen-bond donors (Lipinski definition) is 2. The molecule has 0 aromatic carbocycles. The van der Waals surface area contributed by atoms with Gasteiger partial charge in [0.2, 0.25) is 0 Å². The summed E-state index contributed by atoms with van der Waals surface area (Å²) >= 11 is 9.56. The Bertz CT molecular complexity index is 531. The molecule has 14 nitrogen and oxygen atoms in total. The SMILES string of the molecule is O=P([O-])([O-])C(O)P(=O)([O-])OCCl.O=P([O-])([O-])C(O)P(=O)([O-])OCCl.[Sn+2].[Sn+2].[Sn+2]. The molecule has 4 unspecified atom stereocenters. The van der Waals surface area contributed by atoms with Crippen LogP contribution in [0, 0.1) is 0 Å². The Morgan fingerprint density at radius 1 is 0.667 bits per heavy atom. The number of rotatable bonds is 8. The average molecular weight is 831 g/mol. The summed E-state index contributed by atoms with van der Waals surface area (Å²) < 4.78 is 48.2. The van der Waals surface area contributed by atoms with Gasteiger partial charge >= 0.3 is 71.7 Å². The van der Waals surface area contributed by atoms with Crippen molar-refractivity contribution in [3.8, 4) is 0 Å². The summed E-state index contributed by atoms with van der Waals surface area (Å²) in [5, 5.41) is 16.8. The smallest absolute Gasteiger partial charge is 0.809 e. The standard InChI is InChI=1S/2C2H7ClO7P2.3Sn/c2*3-1-10-12(8,9)2(4)11(5,6)7;;;/h2*2,4H,1H2,(H,8,9)(H2,5,6,7);;;/q;;3*+2/p-6. The first-order valence-electron chi connectivity index (χ1n) is 4.85. The van der Waals surface area contributed by atoms with Gasteiger partial charge in [-0.15, -0.1) is 0 Å². The largest absolute Gasteiger partial charge is 2.00 e. The maximum absolute atomic E-state index is 10.5. The van der Waals surface area contributed by atoms with Crippen LogP contribution in [0.5, 0.6) is 0 Å². The summed E-state index contributed by atoms with van der Waals surface area (Å²) in [5.41, 5.74) is -6.16. The monoisotopic (exact) mass is 834 g/mol. The predicted octanol–water partition coefficient (Wildman–Crippen LogP) is -5.26. The van der Waals surface area contributed by atoms with Crippen LogP contribution in [-0.4, -0.2) is 105 Å². The first-order valence-corrected chi connectivity index (χ1v) is 12.4. The number of alkyl halides is 2. The van der Waals surface area contributed by atoms with Crippen LogP contribution in [0.25, 0.3) is 0 Å². The van der Waals surface area contributed by atoms with Gasteiger partial charge in [-0.1, -0.05) is 23.2 Å². The first-order chi connectivity index (χ1) is 10.4. The van der Waals surface area contributed by atoms with Crippen LogP contribution < -0.4 is 29.4 Å². The van der Waals surface area contributed by atoms with E-state index >= 15 is 0 Å². The van der Waals surface area contributed by atoms with Crippen molar-refractivity contribution >= 4 is 125 Å². The fourth-order valence-electron chi connectivity index (χ4n) is 0.616. The summed E-state index contributed by atoms with van der Waals surface area (Å²) in [5.74, 6) is 0. The van der Waals surface area contributed by atoms with E-state index in [4.69, 9.17) is 33.4 Å². The molecule has 0 aromatic rings. The number of aliphatic hydroxyl groups excluding tert-OH is 2. The molecule has 0 bridgehead atoms. The molecular formula is C4H8Cl2O14P4Sn3. The van der Waals surface area contributed by atoms with E-state index in [0.717, 1.165) is 0 Å². The van der Waals surface area contributed by atoms with Crippen molar-refractivity contribution in [2.75, 3.05) is 12.1 Å². The molecule has 0 aliphatic carbocycles. The molecule has 6 radical (unpaired) electrons. The minimum atomic E-state index is -5.61. The van der Waals surface area contributed by atoms with Gasteiger partial charge in [0.05, 0.1) is 0 Å². The van der Waals surface area contributed by atoms with Crippen molar-refractivity contribution in [3.63, 3.8) is 0 Å². The zero-order valence-electron chi connectivity index (χ0n) is 12.4. The van der Waals surface area contributed by atoms with E-state index in [-0.39, 0.29) is 71.7 Å². The molecule has 0 amide bonds. The fraction of sp³-hybridized carbons (Fsp3) is 1.00. The normalized spacial score (nSPS) is 17.9. The Hall–Kier alpha value is 3.50. The Morgan fingerprint density at radius 3 is 0.963 bits per heavy atom. The summed E-state index contributed by atoms with van der Waals surface area (Å²) in [6, 6.07) is -1.73. The van der Waals surface area contributed by atoms with Gasteiger partial charge in [0, 0.05) is 0 Å². The van der Waals surface area contributed by atoms with Crippen LogP contribution in [0.4, 0.5) is 0 Å². The van der Waals surface area contributed by atoms with E-state index in [1.807, 2.05) is 0 Å². The van der Waals surface area contributed by atoms with Gasteiger partial charge in [-0.05, 0) is 15.2 Å². The van der Waals surface area contributed by atoms with Crippen molar-refractivity contribution in [2.45, 2.75) is 11.2 Å². The number of aliphatic hydroxyl groups is 2. The third-order valence-electron chi connectivity index (χ3n) is 1.59. The molecule has 0 rings (SSSR count). The van der Waals surface area contributed by atoms with Crippen LogP contribution in [0.15, 0.2) is 0 Å². The minimum absolute atomic E-state index is 0. The van der Waals surface area contributed by atoms with Crippen molar-refractivity contribution in [1.29, 1.82) is 0 Å². The van der Waals surface area contributed by atoms with Crippen molar-refractivity contribution in [1.82, 2.24) is 0 Å². The zero-order valence-corrected chi connectivity index (χ0v) is 26.1. The molecule has 0 fully saturated rings. The third kappa shape index (κ3) is 17.7. The Kier molecular flexibility index (Phi) is 25.8. The quantitative estimate of drug-likeness (QED) is 0.132. The van der Waals surface area contributed by atoms with Gasteiger partial charge < -0.3 is 66.9 Å². The minimum Gasteiger partial charge on any atom is -0.809 e. The van der Waals surface area contributed by atoms with Gasteiger partial charge in [0.1, 0.15) is 23.3 Å². The van der Waals surface area contributed by atoms with E-state index in [1.165, 1.54) is 0 Å². The van der Waals surface area contributed by atoms with Gasteiger partial charge in [0.25, 0.3) is 0 Å². The zero-order chi connectivity index (χ0) is 20.0. The topological polar surface area (TPSA) is 266 Å². The molecule has 0 saturated carbocycles. The van der Waals surface area contributed by atoms with E-state index < -0.39 is 53.7 Å².